The molecule has 2 aromatic rings. The summed E-state index contributed by atoms with van der Waals surface area (Å²) in [4.78, 5) is 23.4. The van der Waals surface area contributed by atoms with Crippen molar-refractivity contribution in [2.24, 2.45) is 0 Å². The second-order valence-electron chi connectivity index (χ2n) is 4.28. The van der Waals surface area contributed by atoms with Crippen molar-refractivity contribution in [2.45, 2.75) is 19.0 Å². The molecular weight excluding hydrogens is 274 g/mol. The minimum Gasteiger partial charge on any atom is -0.368 e. The smallest absolute Gasteiger partial charge is 0.234 e. The predicted octanol–water partition coefficient (Wildman–Crippen LogP) is 1.80. The molecule has 1 aromatic heterocycles. The van der Waals surface area contributed by atoms with E-state index in [1.54, 1.807) is 0 Å². The Morgan fingerprint density at radius 3 is 2.85 bits per heavy atom. The minimum atomic E-state index is -0.110. The maximum absolute atomic E-state index is 11.9. The first-order chi connectivity index (χ1) is 9.54. The van der Waals surface area contributed by atoms with Crippen molar-refractivity contribution < 1.29 is 4.79 Å². The van der Waals surface area contributed by atoms with Crippen LogP contribution in [0.2, 0.25) is 0 Å². The van der Waals surface area contributed by atoms with Crippen LogP contribution in [0.4, 0.5) is 11.6 Å². The van der Waals surface area contributed by atoms with Crippen LogP contribution in [-0.2, 0) is 4.79 Å². The Kier molecular flexibility index (Phi) is 4.52. The van der Waals surface area contributed by atoms with E-state index in [2.05, 4.69) is 20.3 Å². The van der Waals surface area contributed by atoms with E-state index in [4.69, 9.17) is 5.73 Å². The second-order valence-corrected chi connectivity index (χ2v) is 5.22. The summed E-state index contributed by atoms with van der Waals surface area (Å²) in [6, 6.07) is 5.88. The highest BCUT2D eigenvalue weighted by Gasteiger charge is 2.07. The van der Waals surface area contributed by atoms with Crippen molar-refractivity contribution in [3.05, 3.63) is 35.7 Å². The van der Waals surface area contributed by atoms with E-state index in [-0.39, 0.29) is 17.6 Å². The van der Waals surface area contributed by atoms with Gasteiger partial charge in [-0.3, -0.25) is 4.79 Å². The van der Waals surface area contributed by atoms with Crippen molar-refractivity contribution >= 4 is 29.3 Å². The number of thioether (sulfide) groups is 1. The fraction of sp³-hybridized carbons (Fsp3) is 0.231. The number of carbonyl (C=O) groups excluding carboxylic acids is 1. The van der Waals surface area contributed by atoms with Crippen molar-refractivity contribution in [1.29, 1.82) is 0 Å². The van der Waals surface area contributed by atoms with Gasteiger partial charge in [0.1, 0.15) is 6.33 Å². The zero-order valence-electron chi connectivity index (χ0n) is 11.3. The Morgan fingerprint density at radius 1 is 1.35 bits per heavy atom. The first-order valence-corrected chi connectivity index (χ1v) is 6.97. The summed E-state index contributed by atoms with van der Waals surface area (Å²) in [5, 5.41) is 3.30. The van der Waals surface area contributed by atoms with Crippen molar-refractivity contribution in [2.75, 3.05) is 16.8 Å². The number of nitrogen functional groups attached to an aromatic ring is 1. The van der Waals surface area contributed by atoms with E-state index in [1.807, 2.05) is 32.0 Å². The van der Waals surface area contributed by atoms with Gasteiger partial charge in [-0.15, -0.1) is 0 Å². The Balaban J connectivity index is 1.92. The van der Waals surface area contributed by atoms with Crippen LogP contribution in [0, 0.1) is 13.8 Å². The molecule has 104 valence electrons. The van der Waals surface area contributed by atoms with Crippen LogP contribution in [0.3, 0.4) is 0 Å². The Hall–Kier alpha value is -2.15. The molecule has 0 atom stereocenters. The first-order valence-electron chi connectivity index (χ1n) is 5.99. The van der Waals surface area contributed by atoms with Gasteiger partial charge in [0.25, 0.3) is 0 Å². The summed E-state index contributed by atoms with van der Waals surface area (Å²) in [6.45, 7) is 3.97. The normalized spacial score (nSPS) is 10.3. The first kappa shape index (κ1) is 14.3. The molecule has 3 N–H and O–H groups in total. The molecule has 0 bridgehead atoms. The molecule has 0 spiro atoms. The van der Waals surface area contributed by atoms with Crippen molar-refractivity contribution in [3.63, 3.8) is 0 Å². The fourth-order valence-electron chi connectivity index (χ4n) is 1.63. The number of hydrogen-bond acceptors (Lipinski definition) is 6. The van der Waals surface area contributed by atoms with Crippen LogP contribution in [0.1, 0.15) is 11.1 Å². The molecule has 0 aliphatic heterocycles. The Bertz CT molecular complexity index is 632. The Labute approximate surface area is 121 Å². The van der Waals surface area contributed by atoms with E-state index in [9.17, 15) is 4.79 Å². The highest BCUT2D eigenvalue weighted by Crippen LogP contribution is 2.17. The molecule has 20 heavy (non-hydrogen) atoms. The number of hydrogen-bond donors (Lipinski definition) is 2. The van der Waals surface area contributed by atoms with Gasteiger partial charge in [-0.2, -0.15) is 4.98 Å². The number of nitrogens with two attached hydrogens (primary N) is 1. The third-order valence-electron chi connectivity index (χ3n) is 2.56. The maximum Gasteiger partial charge on any atom is 0.234 e. The van der Waals surface area contributed by atoms with E-state index in [1.165, 1.54) is 18.1 Å². The summed E-state index contributed by atoms with van der Waals surface area (Å²) in [7, 11) is 0. The SMILES string of the molecule is Cc1ccc(NC(=O)CSc2ncnc(N)n2)c(C)c1. The number of nitrogens with zero attached hydrogens (tertiary/aromatic N) is 3. The zero-order valence-corrected chi connectivity index (χ0v) is 12.1. The number of amides is 1. The molecule has 1 heterocycles. The molecule has 6 nitrogen and oxygen atoms in total. The van der Waals surface area contributed by atoms with E-state index >= 15 is 0 Å². The molecule has 0 saturated heterocycles. The highest BCUT2D eigenvalue weighted by molar-refractivity contribution is 7.99. The number of anilines is 2. The van der Waals surface area contributed by atoms with Crippen LogP contribution >= 0.6 is 11.8 Å². The van der Waals surface area contributed by atoms with Gasteiger partial charge in [0.2, 0.25) is 11.9 Å². The lowest BCUT2D eigenvalue weighted by atomic mass is 10.1. The van der Waals surface area contributed by atoms with Crippen molar-refractivity contribution in [1.82, 2.24) is 15.0 Å². The molecule has 0 fully saturated rings. The third-order valence-corrected chi connectivity index (χ3v) is 3.42. The summed E-state index contributed by atoms with van der Waals surface area (Å²) in [5.74, 6) is 0.259. The Morgan fingerprint density at radius 2 is 2.15 bits per heavy atom. The van der Waals surface area contributed by atoms with Crippen LogP contribution in [0.25, 0.3) is 0 Å². The molecule has 1 aromatic carbocycles. The van der Waals surface area contributed by atoms with Gasteiger partial charge in [0.15, 0.2) is 5.16 Å². The fourth-order valence-corrected chi connectivity index (χ4v) is 2.25. The predicted molar refractivity (Wildman–Crippen MR) is 79.5 cm³/mol. The molecular formula is C13H15N5OS. The number of aryl methyl sites for hydroxylation is 2. The third kappa shape index (κ3) is 3.92. The number of aromatic nitrogens is 3. The van der Waals surface area contributed by atoms with Gasteiger partial charge in [-0.1, -0.05) is 29.5 Å². The largest absolute Gasteiger partial charge is 0.368 e. The summed E-state index contributed by atoms with van der Waals surface area (Å²) < 4.78 is 0. The minimum absolute atomic E-state index is 0.110. The van der Waals surface area contributed by atoms with E-state index in [0.717, 1.165) is 16.8 Å². The quantitative estimate of drug-likeness (QED) is 0.834. The molecule has 7 heteroatoms. The van der Waals surface area contributed by atoms with Gasteiger partial charge < -0.3 is 11.1 Å². The molecule has 2 rings (SSSR count). The van der Waals surface area contributed by atoms with Crippen LogP contribution in [0.15, 0.2) is 29.7 Å². The standard InChI is InChI=1S/C13H15N5OS/c1-8-3-4-10(9(2)5-8)17-11(19)6-20-13-16-7-15-12(14)18-13/h3-5,7H,6H2,1-2H3,(H,17,19)(H2,14,15,16,18). The lowest BCUT2D eigenvalue weighted by Gasteiger charge is -2.08. The van der Waals surface area contributed by atoms with Crippen LogP contribution in [-0.4, -0.2) is 26.6 Å². The van der Waals surface area contributed by atoms with Crippen LogP contribution < -0.4 is 11.1 Å². The van der Waals surface area contributed by atoms with Gasteiger partial charge in [0, 0.05) is 5.69 Å². The molecule has 0 unspecified atom stereocenters. The van der Waals surface area contributed by atoms with E-state index < -0.39 is 0 Å². The van der Waals surface area contributed by atoms with E-state index in [0.29, 0.717) is 5.16 Å². The molecule has 0 radical (unpaired) electrons. The molecule has 0 aliphatic carbocycles. The van der Waals surface area contributed by atoms with Gasteiger partial charge in [-0.25, -0.2) is 9.97 Å². The number of carbonyl (C=O) groups is 1. The number of benzene rings is 1. The molecule has 1 amide bonds. The van der Waals surface area contributed by atoms with Crippen molar-refractivity contribution in [3.8, 4) is 0 Å². The summed E-state index contributed by atoms with van der Waals surface area (Å²) in [5.41, 5.74) is 8.46. The molecule has 0 aliphatic rings. The summed E-state index contributed by atoms with van der Waals surface area (Å²) in [6.07, 6.45) is 1.33. The average molecular weight is 289 g/mol. The molecule has 0 saturated carbocycles. The highest BCUT2D eigenvalue weighted by atomic mass is 32.2. The maximum atomic E-state index is 11.9. The lowest BCUT2D eigenvalue weighted by molar-refractivity contribution is -0.113. The van der Waals surface area contributed by atoms with Gasteiger partial charge in [-0.05, 0) is 25.5 Å². The summed E-state index contributed by atoms with van der Waals surface area (Å²) >= 11 is 1.22. The second kappa shape index (κ2) is 6.33. The monoisotopic (exact) mass is 289 g/mol. The topological polar surface area (TPSA) is 93.8 Å². The number of rotatable bonds is 4. The zero-order chi connectivity index (χ0) is 14.5. The van der Waals surface area contributed by atoms with Crippen LogP contribution in [0.5, 0.6) is 0 Å². The lowest BCUT2D eigenvalue weighted by Crippen LogP contribution is -2.15. The number of nitrogens with one attached hydrogen (secondary N) is 1. The van der Waals surface area contributed by atoms with Gasteiger partial charge >= 0.3 is 0 Å². The van der Waals surface area contributed by atoms with Gasteiger partial charge in [0.05, 0.1) is 5.75 Å². The average Bonchev–Trinajstić information content (AvgIpc) is 2.40.